The summed E-state index contributed by atoms with van der Waals surface area (Å²) in [5.41, 5.74) is 1.92. The topological polar surface area (TPSA) is 79.6 Å². The number of nitro groups is 1. The molecule has 0 atom stereocenters. The van der Waals surface area contributed by atoms with Crippen molar-refractivity contribution in [2.75, 3.05) is 26.2 Å². The van der Waals surface area contributed by atoms with Crippen molar-refractivity contribution in [3.8, 4) is 0 Å². The minimum Gasteiger partial charge on any atom is -0.336 e. The zero-order valence-corrected chi connectivity index (χ0v) is 16.0. The molecule has 3 rings (SSSR count). The lowest BCUT2D eigenvalue weighted by Gasteiger charge is -2.34. The molecule has 0 bridgehead atoms. The number of benzene rings is 1. The number of nitro benzene ring substituents is 1. The van der Waals surface area contributed by atoms with Gasteiger partial charge in [0.2, 0.25) is 0 Å². The number of thiazole rings is 1. The van der Waals surface area contributed by atoms with Crippen LogP contribution in [0.2, 0.25) is 0 Å². The van der Waals surface area contributed by atoms with Gasteiger partial charge in [-0.25, -0.2) is 4.98 Å². The quantitative estimate of drug-likeness (QED) is 0.607. The zero-order valence-electron chi connectivity index (χ0n) is 15.2. The first kappa shape index (κ1) is 18.5. The molecule has 0 aliphatic carbocycles. The largest absolute Gasteiger partial charge is 0.336 e. The molecule has 2 heterocycles. The van der Waals surface area contributed by atoms with Gasteiger partial charge in [0.25, 0.3) is 11.6 Å². The van der Waals surface area contributed by atoms with Gasteiger partial charge in [-0.3, -0.25) is 19.8 Å². The van der Waals surface area contributed by atoms with Gasteiger partial charge in [0.15, 0.2) is 0 Å². The summed E-state index contributed by atoms with van der Waals surface area (Å²) in [4.78, 5) is 33.3. The van der Waals surface area contributed by atoms with Crippen LogP contribution in [0.4, 0.5) is 5.69 Å². The van der Waals surface area contributed by atoms with Crippen LogP contribution in [0.15, 0.2) is 18.2 Å². The molecule has 138 valence electrons. The minimum absolute atomic E-state index is 0.0102. The van der Waals surface area contributed by atoms with Crippen LogP contribution in [0.5, 0.6) is 0 Å². The van der Waals surface area contributed by atoms with Crippen molar-refractivity contribution in [2.45, 2.75) is 27.3 Å². The van der Waals surface area contributed by atoms with E-state index in [4.69, 9.17) is 0 Å². The molecule has 0 N–H and O–H groups in total. The Morgan fingerprint density at radius 3 is 2.50 bits per heavy atom. The lowest BCUT2D eigenvalue weighted by atomic mass is 10.1. The van der Waals surface area contributed by atoms with Crippen molar-refractivity contribution in [1.82, 2.24) is 14.8 Å². The molecule has 1 fully saturated rings. The average molecular weight is 374 g/mol. The number of nitrogens with zero attached hydrogens (tertiary/aromatic N) is 4. The summed E-state index contributed by atoms with van der Waals surface area (Å²) in [5.74, 6) is -0.133. The fourth-order valence-corrected chi connectivity index (χ4v) is 4.11. The fraction of sp³-hybridized carbons (Fsp3) is 0.444. The van der Waals surface area contributed by atoms with E-state index in [1.165, 1.54) is 10.9 Å². The molecule has 2 aromatic rings. The van der Waals surface area contributed by atoms with E-state index in [1.807, 2.05) is 6.92 Å². The SMILES string of the molecule is Cc1nc(CN2CCN(C(=O)c3cccc([N+](=O)[O-])c3C)CC2)sc1C. The minimum atomic E-state index is -0.442. The second-order valence-electron chi connectivity index (χ2n) is 6.52. The second kappa shape index (κ2) is 7.51. The molecule has 26 heavy (non-hydrogen) atoms. The number of carbonyl (C=O) groups excluding carboxylic acids is 1. The number of aromatic nitrogens is 1. The lowest BCUT2D eigenvalue weighted by Crippen LogP contribution is -2.48. The summed E-state index contributed by atoms with van der Waals surface area (Å²) in [6.07, 6.45) is 0. The Bertz CT molecular complexity index is 821. The van der Waals surface area contributed by atoms with E-state index in [2.05, 4.69) is 16.8 Å². The van der Waals surface area contributed by atoms with E-state index < -0.39 is 4.92 Å². The second-order valence-corrected chi connectivity index (χ2v) is 7.81. The highest BCUT2D eigenvalue weighted by atomic mass is 32.1. The van der Waals surface area contributed by atoms with Crippen LogP contribution >= 0.6 is 11.3 Å². The average Bonchev–Trinajstić information content (AvgIpc) is 2.92. The van der Waals surface area contributed by atoms with Crippen molar-refractivity contribution in [1.29, 1.82) is 0 Å². The van der Waals surface area contributed by atoms with E-state index in [9.17, 15) is 14.9 Å². The monoisotopic (exact) mass is 374 g/mol. The predicted octanol–water partition coefficient (Wildman–Crippen LogP) is 2.93. The highest BCUT2D eigenvalue weighted by molar-refractivity contribution is 7.11. The molecule has 0 spiro atoms. The number of amides is 1. The molecule has 0 unspecified atom stereocenters. The zero-order chi connectivity index (χ0) is 18.8. The maximum Gasteiger partial charge on any atom is 0.273 e. The number of aryl methyl sites for hydroxylation is 2. The number of piperazine rings is 1. The molecule has 1 amide bonds. The first-order valence-corrected chi connectivity index (χ1v) is 9.37. The maximum absolute atomic E-state index is 12.8. The summed E-state index contributed by atoms with van der Waals surface area (Å²) >= 11 is 1.72. The van der Waals surface area contributed by atoms with Gasteiger partial charge in [0, 0.05) is 48.2 Å². The van der Waals surface area contributed by atoms with Crippen LogP contribution in [-0.4, -0.2) is 51.8 Å². The van der Waals surface area contributed by atoms with Crippen LogP contribution in [0.25, 0.3) is 0 Å². The van der Waals surface area contributed by atoms with Gasteiger partial charge in [-0.2, -0.15) is 0 Å². The van der Waals surface area contributed by atoms with Crippen LogP contribution in [0.1, 0.15) is 31.5 Å². The Morgan fingerprint density at radius 2 is 1.92 bits per heavy atom. The Hall–Kier alpha value is -2.32. The molecule has 1 aliphatic heterocycles. The Balaban J connectivity index is 1.64. The first-order chi connectivity index (χ1) is 12.4. The molecule has 0 radical (unpaired) electrons. The number of hydrogen-bond donors (Lipinski definition) is 0. The Morgan fingerprint density at radius 1 is 1.23 bits per heavy atom. The molecule has 0 saturated carbocycles. The molecule has 7 nitrogen and oxygen atoms in total. The van der Waals surface area contributed by atoms with Crippen molar-refractivity contribution >= 4 is 22.9 Å². The van der Waals surface area contributed by atoms with E-state index in [-0.39, 0.29) is 11.6 Å². The Labute approximate surface area is 156 Å². The van der Waals surface area contributed by atoms with Gasteiger partial charge in [-0.1, -0.05) is 6.07 Å². The molecular weight excluding hydrogens is 352 g/mol. The van der Waals surface area contributed by atoms with Crippen molar-refractivity contribution in [3.05, 3.63) is 55.0 Å². The van der Waals surface area contributed by atoms with Crippen molar-refractivity contribution < 1.29 is 9.72 Å². The van der Waals surface area contributed by atoms with Gasteiger partial charge < -0.3 is 4.90 Å². The van der Waals surface area contributed by atoms with Crippen molar-refractivity contribution in [3.63, 3.8) is 0 Å². The smallest absolute Gasteiger partial charge is 0.273 e. The molecule has 1 aromatic heterocycles. The lowest BCUT2D eigenvalue weighted by molar-refractivity contribution is -0.385. The number of carbonyl (C=O) groups is 1. The molecular formula is C18H22N4O3S. The van der Waals surface area contributed by atoms with E-state index >= 15 is 0 Å². The molecule has 1 saturated heterocycles. The Kier molecular flexibility index (Phi) is 5.33. The van der Waals surface area contributed by atoms with E-state index in [1.54, 1.807) is 35.3 Å². The van der Waals surface area contributed by atoms with Crippen molar-refractivity contribution in [2.24, 2.45) is 0 Å². The van der Waals surface area contributed by atoms with E-state index in [0.717, 1.165) is 30.3 Å². The number of rotatable bonds is 4. The molecule has 1 aliphatic rings. The highest BCUT2D eigenvalue weighted by Crippen LogP contribution is 2.23. The molecule has 1 aromatic carbocycles. The van der Waals surface area contributed by atoms with Gasteiger partial charge >= 0.3 is 0 Å². The van der Waals surface area contributed by atoms with Gasteiger partial charge in [0.05, 0.1) is 17.2 Å². The standard InChI is InChI=1S/C18H22N4O3S/c1-12-15(5-4-6-16(12)22(24)25)18(23)21-9-7-20(8-10-21)11-17-19-13(2)14(3)26-17/h4-6H,7-11H2,1-3H3. The van der Waals surface area contributed by atoms with Crippen LogP contribution < -0.4 is 0 Å². The molecule has 8 heteroatoms. The summed E-state index contributed by atoms with van der Waals surface area (Å²) in [7, 11) is 0. The maximum atomic E-state index is 12.8. The van der Waals surface area contributed by atoms with Crippen LogP contribution in [0.3, 0.4) is 0 Å². The van der Waals surface area contributed by atoms with Gasteiger partial charge in [0.1, 0.15) is 5.01 Å². The highest BCUT2D eigenvalue weighted by Gasteiger charge is 2.26. The normalized spacial score (nSPS) is 15.3. The van der Waals surface area contributed by atoms with Gasteiger partial charge in [-0.05, 0) is 26.8 Å². The third-order valence-electron chi connectivity index (χ3n) is 4.82. The third kappa shape index (κ3) is 3.76. The summed E-state index contributed by atoms with van der Waals surface area (Å²) < 4.78 is 0. The van der Waals surface area contributed by atoms with Crippen LogP contribution in [-0.2, 0) is 6.54 Å². The van der Waals surface area contributed by atoms with Gasteiger partial charge in [-0.15, -0.1) is 11.3 Å². The summed E-state index contributed by atoms with van der Waals surface area (Å²) in [5, 5.41) is 12.2. The van der Waals surface area contributed by atoms with Crippen LogP contribution in [0, 0.1) is 30.9 Å². The third-order valence-corrected chi connectivity index (χ3v) is 5.88. The fourth-order valence-electron chi connectivity index (χ4n) is 3.13. The first-order valence-electron chi connectivity index (χ1n) is 8.55. The van der Waals surface area contributed by atoms with E-state index in [0.29, 0.717) is 24.2 Å². The predicted molar refractivity (Wildman–Crippen MR) is 101 cm³/mol. The summed E-state index contributed by atoms with van der Waals surface area (Å²) in [6, 6.07) is 4.67. The summed E-state index contributed by atoms with van der Waals surface area (Å²) in [6.45, 7) is 9.32. The number of hydrogen-bond acceptors (Lipinski definition) is 6.